The minimum Gasteiger partial charge on any atom is -0.496 e. The molecule has 0 unspecified atom stereocenters. The van der Waals surface area contributed by atoms with Crippen LogP contribution < -0.4 is 15.6 Å². The molecule has 0 saturated heterocycles. The van der Waals surface area contributed by atoms with E-state index in [1.54, 1.807) is 12.1 Å². The Bertz CT molecular complexity index is 964. The number of carbonyl (C=O) groups excluding carboxylic acids is 1. The van der Waals surface area contributed by atoms with Gasteiger partial charge in [0, 0.05) is 17.3 Å². The van der Waals surface area contributed by atoms with E-state index in [1.165, 1.54) is 37.6 Å². The van der Waals surface area contributed by atoms with Crippen LogP contribution in [0.2, 0.25) is 0 Å². The molecule has 0 aliphatic carbocycles. The summed E-state index contributed by atoms with van der Waals surface area (Å²) in [7, 11) is 7.28. The molecule has 1 N–H and O–H groups in total. The molecule has 4 nitrogen and oxygen atoms in total. The van der Waals surface area contributed by atoms with Crippen molar-refractivity contribution in [3.63, 3.8) is 0 Å². The average molecular weight is 307 g/mol. The quantitative estimate of drug-likeness (QED) is 0.592. The van der Waals surface area contributed by atoms with Gasteiger partial charge in [0.15, 0.2) is 5.78 Å². The van der Waals surface area contributed by atoms with E-state index in [0.29, 0.717) is 16.7 Å². The highest BCUT2D eigenvalue weighted by atomic mass is 19.1. The lowest BCUT2D eigenvalue weighted by atomic mass is 9.91. The van der Waals surface area contributed by atoms with Gasteiger partial charge in [-0.2, -0.15) is 0 Å². The van der Waals surface area contributed by atoms with Crippen LogP contribution in [0.3, 0.4) is 0 Å². The number of carbonyl (C=O) groups is 1. The van der Waals surface area contributed by atoms with Crippen molar-refractivity contribution in [2.24, 2.45) is 0 Å². The molecule has 3 rings (SSSR count). The highest BCUT2D eigenvalue weighted by Gasteiger charge is 2.18. The Morgan fingerprint density at radius 2 is 1.87 bits per heavy atom. The van der Waals surface area contributed by atoms with Gasteiger partial charge in [0.1, 0.15) is 19.4 Å². The van der Waals surface area contributed by atoms with Gasteiger partial charge in [-0.3, -0.25) is 9.59 Å². The van der Waals surface area contributed by atoms with E-state index in [2.05, 4.69) is 4.98 Å². The maximum absolute atomic E-state index is 13.0. The Hall–Kier alpha value is -2.89. The smallest absolute Gasteiger partial charge is 0.204 e. The third kappa shape index (κ3) is 2.52. The highest BCUT2D eigenvalue weighted by molar-refractivity contribution is 6.38. The van der Waals surface area contributed by atoms with Crippen LogP contribution >= 0.6 is 0 Å². The van der Waals surface area contributed by atoms with Gasteiger partial charge >= 0.3 is 0 Å². The molecule has 0 amide bonds. The van der Waals surface area contributed by atoms with Gasteiger partial charge < -0.3 is 9.72 Å². The molecule has 0 atom stereocenters. The van der Waals surface area contributed by atoms with Crippen LogP contribution in [-0.2, 0) is 0 Å². The van der Waals surface area contributed by atoms with Crippen LogP contribution in [0.15, 0.2) is 47.4 Å². The molecular weight excluding hydrogens is 296 g/mol. The zero-order valence-electron chi connectivity index (χ0n) is 12.2. The number of ether oxygens (including phenoxy) is 1. The van der Waals surface area contributed by atoms with E-state index in [0.717, 1.165) is 0 Å². The summed E-state index contributed by atoms with van der Waals surface area (Å²) in [6, 6.07) is 8.18. The SMILES string of the molecule is [B]c1ccc(OC)c2c(=O)c(C(=O)c3ccc(F)cc3)c[nH]c12. The summed E-state index contributed by atoms with van der Waals surface area (Å²) < 4.78 is 18.2. The number of rotatable bonds is 3. The van der Waals surface area contributed by atoms with Crippen LogP contribution in [0, 0.1) is 5.82 Å². The molecule has 6 heteroatoms. The van der Waals surface area contributed by atoms with Gasteiger partial charge in [-0.15, -0.1) is 0 Å². The fraction of sp³-hybridized carbons (Fsp3) is 0.0588. The van der Waals surface area contributed by atoms with Crippen LogP contribution in [0.4, 0.5) is 4.39 Å². The molecule has 0 saturated carbocycles. The second-order valence-corrected chi connectivity index (χ2v) is 4.97. The lowest BCUT2D eigenvalue weighted by Gasteiger charge is -2.09. The van der Waals surface area contributed by atoms with Gasteiger partial charge in [-0.25, -0.2) is 4.39 Å². The number of hydrogen-bond donors (Lipinski definition) is 1. The molecule has 0 spiro atoms. The summed E-state index contributed by atoms with van der Waals surface area (Å²) in [5, 5.41) is 0.209. The first-order chi connectivity index (χ1) is 11.0. The summed E-state index contributed by atoms with van der Waals surface area (Å²) in [6.07, 6.45) is 1.31. The molecule has 0 fully saturated rings. The van der Waals surface area contributed by atoms with Crippen molar-refractivity contribution >= 4 is 30.0 Å². The number of pyridine rings is 1. The summed E-state index contributed by atoms with van der Waals surface area (Å²) >= 11 is 0. The number of fused-ring (bicyclic) bond motifs is 1. The molecule has 0 aliphatic heterocycles. The van der Waals surface area contributed by atoms with Crippen molar-refractivity contribution in [3.8, 4) is 5.75 Å². The number of aromatic amines is 1. The molecular formula is C17H11BFNO3. The average Bonchev–Trinajstić information content (AvgIpc) is 2.56. The maximum Gasteiger partial charge on any atom is 0.204 e. The van der Waals surface area contributed by atoms with Crippen molar-refractivity contribution in [2.45, 2.75) is 0 Å². The maximum atomic E-state index is 13.0. The molecule has 2 aromatic carbocycles. The summed E-state index contributed by atoms with van der Waals surface area (Å²) in [6.45, 7) is 0. The van der Waals surface area contributed by atoms with Crippen LogP contribution in [0.25, 0.3) is 10.9 Å². The third-order valence-corrected chi connectivity index (χ3v) is 3.60. The fourth-order valence-corrected chi connectivity index (χ4v) is 2.42. The van der Waals surface area contributed by atoms with Crippen LogP contribution in [-0.4, -0.2) is 25.7 Å². The molecule has 2 radical (unpaired) electrons. The van der Waals surface area contributed by atoms with Crippen LogP contribution in [0.5, 0.6) is 5.75 Å². The Morgan fingerprint density at radius 3 is 2.52 bits per heavy atom. The van der Waals surface area contributed by atoms with Crippen LogP contribution in [0.1, 0.15) is 15.9 Å². The third-order valence-electron chi connectivity index (χ3n) is 3.60. The van der Waals surface area contributed by atoms with E-state index in [1.807, 2.05) is 0 Å². The molecule has 1 aromatic heterocycles. The van der Waals surface area contributed by atoms with Crippen molar-refractivity contribution in [3.05, 3.63) is 69.8 Å². The van der Waals surface area contributed by atoms with Gasteiger partial charge in [0.25, 0.3) is 0 Å². The van der Waals surface area contributed by atoms with E-state index in [9.17, 15) is 14.0 Å². The summed E-state index contributed by atoms with van der Waals surface area (Å²) in [5.41, 5.74) is 0.452. The summed E-state index contributed by atoms with van der Waals surface area (Å²) in [5.74, 6) is -0.634. The largest absolute Gasteiger partial charge is 0.496 e. The molecule has 1 heterocycles. The zero-order valence-corrected chi connectivity index (χ0v) is 12.2. The fourth-order valence-electron chi connectivity index (χ4n) is 2.42. The van der Waals surface area contributed by atoms with E-state index in [-0.39, 0.29) is 16.5 Å². The standard InChI is InChI=1S/C17H11BFNO3/c1-23-13-7-6-12(18)15-14(13)17(22)11(8-20-15)16(21)9-2-4-10(19)5-3-9/h2-8H,1H3,(H,20,22). The van der Waals surface area contributed by atoms with Gasteiger partial charge in [0.2, 0.25) is 5.43 Å². The number of H-pyrrole nitrogens is 1. The Morgan fingerprint density at radius 1 is 1.17 bits per heavy atom. The van der Waals surface area contributed by atoms with Crippen molar-refractivity contribution in [1.82, 2.24) is 4.98 Å². The number of benzene rings is 2. The Labute approximate surface area is 132 Å². The minimum absolute atomic E-state index is 0.0620. The van der Waals surface area contributed by atoms with Crippen molar-refractivity contribution in [1.29, 1.82) is 0 Å². The van der Waals surface area contributed by atoms with Gasteiger partial charge in [-0.1, -0.05) is 11.5 Å². The number of methoxy groups -OCH3 is 1. The number of aromatic nitrogens is 1. The first-order valence-corrected chi connectivity index (χ1v) is 6.81. The molecule has 112 valence electrons. The first kappa shape index (κ1) is 15.0. The number of hydrogen-bond acceptors (Lipinski definition) is 3. The Balaban J connectivity index is 2.23. The van der Waals surface area contributed by atoms with E-state index in [4.69, 9.17) is 12.6 Å². The van der Waals surface area contributed by atoms with Gasteiger partial charge in [0.05, 0.1) is 18.1 Å². The van der Waals surface area contributed by atoms with Gasteiger partial charge in [-0.05, 0) is 30.3 Å². The summed E-state index contributed by atoms with van der Waals surface area (Å²) in [4.78, 5) is 28.0. The first-order valence-electron chi connectivity index (χ1n) is 6.81. The second kappa shape index (κ2) is 5.72. The molecule has 23 heavy (non-hydrogen) atoms. The predicted octanol–water partition coefficient (Wildman–Crippen LogP) is 1.70. The molecule has 0 bridgehead atoms. The number of ketones is 1. The van der Waals surface area contributed by atoms with Crippen molar-refractivity contribution < 1.29 is 13.9 Å². The van der Waals surface area contributed by atoms with E-state index >= 15 is 0 Å². The lowest BCUT2D eigenvalue weighted by Crippen LogP contribution is -2.20. The zero-order chi connectivity index (χ0) is 16.6. The monoisotopic (exact) mass is 307 g/mol. The topological polar surface area (TPSA) is 59.2 Å². The molecule has 0 aliphatic rings. The number of halogens is 1. The van der Waals surface area contributed by atoms with E-state index < -0.39 is 17.0 Å². The molecule has 3 aromatic rings. The van der Waals surface area contributed by atoms with Crippen molar-refractivity contribution in [2.75, 3.05) is 7.11 Å². The second-order valence-electron chi connectivity index (χ2n) is 4.97. The highest BCUT2D eigenvalue weighted by Crippen LogP contribution is 2.20. The lowest BCUT2D eigenvalue weighted by molar-refractivity contribution is 0.103. The minimum atomic E-state index is -0.502. The normalized spacial score (nSPS) is 10.7. The predicted molar refractivity (Wildman–Crippen MR) is 86.3 cm³/mol. The number of nitrogens with one attached hydrogen (secondary N) is 1. The Kier molecular flexibility index (Phi) is 3.74.